The Balaban J connectivity index is 0.000000408. The van der Waals surface area contributed by atoms with E-state index in [1.807, 2.05) is 24.3 Å². The van der Waals surface area contributed by atoms with E-state index < -0.39 is 0 Å². The Morgan fingerprint density at radius 1 is 0.737 bits per heavy atom. The molecule has 0 amide bonds. The van der Waals surface area contributed by atoms with Crippen molar-refractivity contribution in [2.45, 2.75) is 16.7 Å². The Kier molecular flexibility index (Phi) is 4.75. The Labute approximate surface area is 124 Å². The quantitative estimate of drug-likeness (QED) is 0.409. The fourth-order valence-electron chi connectivity index (χ4n) is 2.08. The van der Waals surface area contributed by atoms with Gasteiger partial charge in [-0.25, -0.2) is 0 Å². The number of aliphatic hydroxyl groups is 1. The number of fused-ring (bicyclic) bond motifs is 2. The molecule has 0 aliphatic heterocycles. The zero-order valence-electron chi connectivity index (χ0n) is 10.7. The first kappa shape index (κ1) is 14.3. The van der Waals surface area contributed by atoms with Gasteiger partial charge in [0.25, 0.3) is 0 Å². The van der Waals surface area contributed by atoms with Crippen LogP contribution >= 0.6 is 25.3 Å². The Bertz CT molecular complexity index is 591. The first-order valence-electron chi connectivity index (χ1n) is 6.13. The molecule has 98 valence electrons. The first-order valence-corrected chi connectivity index (χ1v) is 7.02. The predicted octanol–water partition coefficient (Wildman–Crippen LogP) is 4.57. The van der Waals surface area contributed by atoms with Crippen LogP contribution in [0.25, 0.3) is 21.5 Å². The summed E-state index contributed by atoms with van der Waals surface area (Å²) in [6.45, 7) is 1.93. The molecule has 1 nitrogen and oxygen atoms in total. The van der Waals surface area contributed by atoms with Gasteiger partial charge in [-0.15, -0.1) is 25.3 Å². The van der Waals surface area contributed by atoms with E-state index in [-0.39, 0.29) is 6.61 Å². The van der Waals surface area contributed by atoms with E-state index in [9.17, 15) is 0 Å². The molecule has 19 heavy (non-hydrogen) atoms. The molecule has 0 atom stereocenters. The molecule has 0 aromatic heterocycles. The van der Waals surface area contributed by atoms with Gasteiger partial charge in [-0.05, 0) is 28.5 Å². The van der Waals surface area contributed by atoms with Crippen LogP contribution in [-0.2, 0) is 0 Å². The van der Waals surface area contributed by atoms with Crippen molar-refractivity contribution in [3.05, 3.63) is 48.5 Å². The maximum atomic E-state index is 7.57. The summed E-state index contributed by atoms with van der Waals surface area (Å²) in [6.07, 6.45) is 0. The second-order valence-electron chi connectivity index (χ2n) is 4.10. The minimum absolute atomic E-state index is 0.250. The highest BCUT2D eigenvalue weighted by Crippen LogP contribution is 2.36. The van der Waals surface area contributed by atoms with Crippen LogP contribution in [0.1, 0.15) is 6.92 Å². The summed E-state index contributed by atoms with van der Waals surface area (Å²) in [5.41, 5.74) is 0. The molecule has 0 bridgehead atoms. The van der Waals surface area contributed by atoms with Crippen LogP contribution in [-0.4, -0.2) is 11.7 Å². The molecule has 3 aromatic rings. The van der Waals surface area contributed by atoms with Crippen LogP contribution in [0.5, 0.6) is 0 Å². The van der Waals surface area contributed by atoms with Gasteiger partial charge < -0.3 is 5.11 Å². The molecule has 0 spiro atoms. The molecular weight excluding hydrogens is 272 g/mol. The van der Waals surface area contributed by atoms with Crippen LogP contribution in [0.15, 0.2) is 58.3 Å². The minimum atomic E-state index is 0.250. The fraction of sp³-hybridized carbons (Fsp3) is 0.125. The smallest absolute Gasteiger partial charge is 0.0402 e. The van der Waals surface area contributed by atoms with Crippen molar-refractivity contribution < 1.29 is 5.11 Å². The maximum absolute atomic E-state index is 7.57. The molecule has 3 rings (SSSR count). The highest BCUT2D eigenvalue weighted by Gasteiger charge is 2.07. The molecule has 0 unspecified atom stereocenters. The predicted molar refractivity (Wildman–Crippen MR) is 88.7 cm³/mol. The molecule has 0 saturated heterocycles. The first-order chi connectivity index (χ1) is 9.20. The Hall–Kier alpha value is -1.16. The minimum Gasteiger partial charge on any atom is -0.397 e. The van der Waals surface area contributed by atoms with Gasteiger partial charge >= 0.3 is 0 Å². The second-order valence-corrected chi connectivity index (χ2v) is 5.00. The van der Waals surface area contributed by atoms with Crippen molar-refractivity contribution in [2.24, 2.45) is 0 Å². The van der Waals surface area contributed by atoms with Gasteiger partial charge in [0.1, 0.15) is 0 Å². The fourth-order valence-corrected chi connectivity index (χ4v) is 2.86. The molecular formula is C16H16OS2. The second kappa shape index (κ2) is 6.33. The SMILES string of the molecule is CCO.Sc1c2ccccc2c(S)c2ccccc12. The number of benzene rings is 3. The van der Waals surface area contributed by atoms with Crippen molar-refractivity contribution in [3.63, 3.8) is 0 Å². The van der Waals surface area contributed by atoms with Crippen molar-refractivity contribution >= 4 is 46.8 Å². The monoisotopic (exact) mass is 288 g/mol. The standard InChI is InChI=1S/C14H10S2.C2H6O/c15-13-9-5-1-2-6-10(9)14(16)12-8-4-3-7-11(12)13;1-2-3/h1-8,15-16H;3H,2H2,1H3. The number of hydrogen-bond acceptors (Lipinski definition) is 3. The topological polar surface area (TPSA) is 20.2 Å². The van der Waals surface area contributed by atoms with Crippen molar-refractivity contribution in [1.82, 2.24) is 0 Å². The van der Waals surface area contributed by atoms with E-state index in [1.165, 1.54) is 0 Å². The molecule has 0 fully saturated rings. The molecule has 0 saturated carbocycles. The third kappa shape index (κ3) is 2.73. The maximum Gasteiger partial charge on any atom is 0.0402 e. The number of rotatable bonds is 0. The highest BCUT2D eigenvalue weighted by atomic mass is 32.1. The lowest BCUT2D eigenvalue weighted by molar-refractivity contribution is 0.318. The van der Waals surface area contributed by atoms with E-state index in [0.717, 1.165) is 31.3 Å². The van der Waals surface area contributed by atoms with Crippen LogP contribution in [0, 0.1) is 0 Å². The van der Waals surface area contributed by atoms with Crippen molar-refractivity contribution in [3.8, 4) is 0 Å². The number of aliphatic hydroxyl groups excluding tert-OH is 1. The average Bonchev–Trinajstić information content (AvgIpc) is 2.46. The van der Waals surface area contributed by atoms with Gasteiger partial charge in [0.15, 0.2) is 0 Å². The average molecular weight is 288 g/mol. The largest absolute Gasteiger partial charge is 0.397 e. The van der Waals surface area contributed by atoms with Crippen LogP contribution in [0.2, 0.25) is 0 Å². The van der Waals surface area contributed by atoms with Crippen LogP contribution in [0.3, 0.4) is 0 Å². The molecule has 0 heterocycles. The van der Waals surface area contributed by atoms with E-state index in [0.29, 0.717) is 0 Å². The summed E-state index contributed by atoms with van der Waals surface area (Å²) >= 11 is 9.26. The van der Waals surface area contributed by atoms with Crippen LogP contribution in [0.4, 0.5) is 0 Å². The molecule has 3 heteroatoms. The van der Waals surface area contributed by atoms with E-state index in [2.05, 4.69) is 49.5 Å². The summed E-state index contributed by atoms with van der Waals surface area (Å²) in [4.78, 5) is 2.06. The van der Waals surface area contributed by atoms with Crippen molar-refractivity contribution in [1.29, 1.82) is 0 Å². The van der Waals surface area contributed by atoms with Gasteiger partial charge in [0.2, 0.25) is 0 Å². The lowest BCUT2D eigenvalue weighted by Gasteiger charge is -2.09. The molecule has 0 aliphatic rings. The van der Waals surface area contributed by atoms with E-state index in [4.69, 9.17) is 5.11 Å². The third-order valence-corrected chi connectivity index (χ3v) is 3.84. The summed E-state index contributed by atoms with van der Waals surface area (Å²) in [5.74, 6) is 0. The van der Waals surface area contributed by atoms with E-state index >= 15 is 0 Å². The Morgan fingerprint density at radius 2 is 0.947 bits per heavy atom. The zero-order chi connectivity index (χ0) is 13.8. The molecule has 1 N–H and O–H groups in total. The molecule has 0 aliphatic carbocycles. The van der Waals surface area contributed by atoms with Gasteiger partial charge in [-0.1, -0.05) is 48.5 Å². The van der Waals surface area contributed by atoms with Crippen molar-refractivity contribution in [2.75, 3.05) is 6.61 Å². The van der Waals surface area contributed by atoms with Gasteiger partial charge in [0.05, 0.1) is 0 Å². The molecule has 0 radical (unpaired) electrons. The Morgan fingerprint density at radius 3 is 1.16 bits per heavy atom. The highest BCUT2D eigenvalue weighted by molar-refractivity contribution is 7.81. The summed E-state index contributed by atoms with van der Waals surface area (Å²) in [7, 11) is 0. The van der Waals surface area contributed by atoms with Gasteiger partial charge in [0, 0.05) is 16.4 Å². The molecule has 3 aromatic carbocycles. The zero-order valence-corrected chi connectivity index (χ0v) is 12.5. The van der Waals surface area contributed by atoms with Crippen LogP contribution < -0.4 is 0 Å². The summed E-state index contributed by atoms with van der Waals surface area (Å²) < 4.78 is 0. The normalized spacial score (nSPS) is 10.3. The number of hydrogen-bond donors (Lipinski definition) is 3. The van der Waals surface area contributed by atoms with Gasteiger partial charge in [-0.3, -0.25) is 0 Å². The van der Waals surface area contributed by atoms with Gasteiger partial charge in [-0.2, -0.15) is 0 Å². The number of thiol groups is 2. The third-order valence-electron chi connectivity index (χ3n) is 2.87. The lowest BCUT2D eigenvalue weighted by Crippen LogP contribution is -1.82. The summed E-state index contributed by atoms with van der Waals surface area (Å²) in [6, 6.07) is 16.5. The van der Waals surface area contributed by atoms with E-state index in [1.54, 1.807) is 6.92 Å². The summed E-state index contributed by atoms with van der Waals surface area (Å²) in [5, 5.41) is 12.2. The lowest BCUT2D eigenvalue weighted by atomic mass is 10.0.